The lowest BCUT2D eigenvalue weighted by atomic mass is 9.90. The smallest absolute Gasteiger partial charge is 0.232 e. The average molecular weight is 279 g/mol. The van der Waals surface area contributed by atoms with E-state index in [0.717, 1.165) is 31.4 Å². The molecular formula is C15H25N3O2. The Balaban J connectivity index is 1.68. The standard InChI is InChI=1S/C15H25N3O2/c1-15(2,3)14-16-13(17-20-14)10-18-8-9-19-12-7-5-4-6-11(12)18/h11-12H,4-10H2,1-3H3/t11-,12+/m1/s1. The van der Waals surface area contributed by atoms with Crippen molar-refractivity contribution in [2.45, 2.75) is 70.6 Å². The normalized spacial score (nSPS) is 28.4. The highest BCUT2D eigenvalue weighted by Gasteiger charge is 2.35. The van der Waals surface area contributed by atoms with Gasteiger partial charge in [-0.25, -0.2) is 0 Å². The molecule has 2 heterocycles. The van der Waals surface area contributed by atoms with Crippen molar-refractivity contribution < 1.29 is 9.26 Å². The highest BCUT2D eigenvalue weighted by molar-refractivity contribution is 4.99. The van der Waals surface area contributed by atoms with Gasteiger partial charge in [-0.05, 0) is 12.8 Å². The summed E-state index contributed by atoms with van der Waals surface area (Å²) < 4.78 is 11.3. The first-order chi connectivity index (χ1) is 9.54. The predicted molar refractivity (Wildman–Crippen MR) is 75.4 cm³/mol. The molecule has 112 valence electrons. The molecule has 2 atom stereocenters. The van der Waals surface area contributed by atoms with Crippen LogP contribution < -0.4 is 0 Å². The molecule has 2 fully saturated rings. The van der Waals surface area contributed by atoms with Crippen LogP contribution >= 0.6 is 0 Å². The molecule has 1 aliphatic carbocycles. The Morgan fingerprint density at radius 3 is 2.80 bits per heavy atom. The molecule has 0 unspecified atom stereocenters. The molecule has 1 aromatic heterocycles. The van der Waals surface area contributed by atoms with Gasteiger partial charge in [0.25, 0.3) is 0 Å². The molecule has 1 saturated heterocycles. The van der Waals surface area contributed by atoms with Crippen molar-refractivity contribution in [3.8, 4) is 0 Å². The van der Waals surface area contributed by atoms with Gasteiger partial charge in [-0.3, -0.25) is 4.90 Å². The van der Waals surface area contributed by atoms with E-state index in [9.17, 15) is 0 Å². The molecule has 0 bridgehead atoms. The van der Waals surface area contributed by atoms with Gasteiger partial charge < -0.3 is 9.26 Å². The van der Waals surface area contributed by atoms with Gasteiger partial charge in [0, 0.05) is 18.0 Å². The van der Waals surface area contributed by atoms with E-state index in [1.807, 2.05) is 0 Å². The summed E-state index contributed by atoms with van der Waals surface area (Å²) in [5.74, 6) is 1.53. The second-order valence-electron chi connectivity index (χ2n) is 7.00. The monoisotopic (exact) mass is 279 g/mol. The first-order valence-corrected chi connectivity index (χ1v) is 7.73. The summed E-state index contributed by atoms with van der Waals surface area (Å²) in [4.78, 5) is 7.03. The Morgan fingerprint density at radius 2 is 2.05 bits per heavy atom. The Bertz CT molecular complexity index is 450. The minimum absolute atomic E-state index is 0.0797. The first kappa shape index (κ1) is 14.0. The van der Waals surface area contributed by atoms with Crippen LogP contribution in [0.15, 0.2) is 4.52 Å². The molecule has 3 rings (SSSR count). The molecule has 2 aliphatic rings. The molecule has 0 aromatic carbocycles. The van der Waals surface area contributed by atoms with Crippen LogP contribution in [0.1, 0.15) is 58.2 Å². The minimum atomic E-state index is -0.0797. The number of fused-ring (bicyclic) bond motifs is 1. The lowest BCUT2D eigenvalue weighted by Crippen LogP contribution is -2.52. The summed E-state index contributed by atoms with van der Waals surface area (Å²) in [5, 5.41) is 4.15. The molecule has 1 saturated carbocycles. The third-order valence-electron chi connectivity index (χ3n) is 4.30. The molecule has 1 aromatic rings. The predicted octanol–water partition coefficient (Wildman–Crippen LogP) is 2.51. The van der Waals surface area contributed by atoms with Crippen LogP contribution in [0.2, 0.25) is 0 Å². The fraction of sp³-hybridized carbons (Fsp3) is 0.867. The minimum Gasteiger partial charge on any atom is -0.375 e. The maximum Gasteiger partial charge on any atom is 0.232 e. The quantitative estimate of drug-likeness (QED) is 0.832. The molecular weight excluding hydrogens is 254 g/mol. The fourth-order valence-electron chi connectivity index (χ4n) is 3.18. The number of morpholine rings is 1. The molecule has 20 heavy (non-hydrogen) atoms. The third kappa shape index (κ3) is 2.88. The fourth-order valence-corrected chi connectivity index (χ4v) is 3.18. The zero-order valence-electron chi connectivity index (χ0n) is 12.8. The second kappa shape index (κ2) is 5.45. The van der Waals surface area contributed by atoms with Crippen molar-refractivity contribution in [3.05, 3.63) is 11.7 Å². The van der Waals surface area contributed by atoms with Crippen molar-refractivity contribution in [2.75, 3.05) is 13.2 Å². The van der Waals surface area contributed by atoms with E-state index < -0.39 is 0 Å². The number of hydrogen-bond donors (Lipinski definition) is 0. The summed E-state index contributed by atoms with van der Waals surface area (Å²) in [6, 6.07) is 0.536. The van der Waals surface area contributed by atoms with Gasteiger partial charge in [0.05, 0.1) is 19.3 Å². The Kier molecular flexibility index (Phi) is 3.82. The molecule has 5 heteroatoms. The highest BCUT2D eigenvalue weighted by Crippen LogP contribution is 2.29. The van der Waals surface area contributed by atoms with Gasteiger partial charge >= 0.3 is 0 Å². The lowest BCUT2D eigenvalue weighted by molar-refractivity contribution is -0.0919. The second-order valence-corrected chi connectivity index (χ2v) is 7.00. The average Bonchev–Trinajstić information content (AvgIpc) is 2.88. The number of hydrogen-bond acceptors (Lipinski definition) is 5. The maximum absolute atomic E-state index is 5.90. The summed E-state index contributed by atoms with van der Waals surface area (Å²) >= 11 is 0. The molecule has 5 nitrogen and oxygen atoms in total. The number of aromatic nitrogens is 2. The van der Waals surface area contributed by atoms with E-state index in [1.165, 1.54) is 25.7 Å². The number of ether oxygens (including phenoxy) is 1. The van der Waals surface area contributed by atoms with Crippen LogP contribution in [0, 0.1) is 0 Å². The van der Waals surface area contributed by atoms with Gasteiger partial charge in [-0.15, -0.1) is 0 Å². The van der Waals surface area contributed by atoms with E-state index in [-0.39, 0.29) is 5.41 Å². The molecule has 0 spiro atoms. The summed E-state index contributed by atoms with van der Waals surface area (Å²) in [6.45, 7) is 8.86. The Morgan fingerprint density at radius 1 is 1.25 bits per heavy atom. The van der Waals surface area contributed by atoms with Crippen LogP contribution in [0.25, 0.3) is 0 Å². The largest absolute Gasteiger partial charge is 0.375 e. The maximum atomic E-state index is 5.90. The van der Waals surface area contributed by atoms with E-state index in [1.54, 1.807) is 0 Å². The zero-order valence-corrected chi connectivity index (χ0v) is 12.8. The SMILES string of the molecule is CC(C)(C)c1nc(CN2CCO[C@H]3CCCC[C@H]32)no1. The van der Waals surface area contributed by atoms with Crippen LogP contribution in [-0.2, 0) is 16.7 Å². The van der Waals surface area contributed by atoms with Gasteiger partial charge in [0.15, 0.2) is 5.82 Å². The van der Waals surface area contributed by atoms with Crippen LogP contribution in [-0.4, -0.2) is 40.3 Å². The van der Waals surface area contributed by atoms with Crippen molar-refractivity contribution in [3.63, 3.8) is 0 Å². The van der Waals surface area contributed by atoms with E-state index in [2.05, 4.69) is 35.8 Å². The Hall–Kier alpha value is -0.940. The van der Waals surface area contributed by atoms with Crippen molar-refractivity contribution in [2.24, 2.45) is 0 Å². The van der Waals surface area contributed by atoms with Crippen LogP contribution in [0.4, 0.5) is 0 Å². The van der Waals surface area contributed by atoms with Crippen molar-refractivity contribution in [1.29, 1.82) is 0 Å². The van der Waals surface area contributed by atoms with E-state index in [4.69, 9.17) is 9.26 Å². The van der Waals surface area contributed by atoms with Gasteiger partial charge in [-0.2, -0.15) is 4.98 Å². The van der Waals surface area contributed by atoms with Crippen LogP contribution in [0.3, 0.4) is 0 Å². The summed E-state index contributed by atoms with van der Waals surface area (Å²) in [6.07, 6.45) is 5.44. The summed E-state index contributed by atoms with van der Waals surface area (Å²) in [5.41, 5.74) is -0.0797. The van der Waals surface area contributed by atoms with E-state index in [0.29, 0.717) is 12.1 Å². The zero-order chi connectivity index (χ0) is 14.2. The van der Waals surface area contributed by atoms with Crippen LogP contribution in [0.5, 0.6) is 0 Å². The molecule has 1 aliphatic heterocycles. The number of nitrogens with zero attached hydrogens (tertiary/aromatic N) is 3. The van der Waals surface area contributed by atoms with Gasteiger partial charge in [0.1, 0.15) is 0 Å². The molecule has 0 amide bonds. The number of rotatable bonds is 2. The van der Waals surface area contributed by atoms with Crippen molar-refractivity contribution in [1.82, 2.24) is 15.0 Å². The van der Waals surface area contributed by atoms with Gasteiger partial charge in [-0.1, -0.05) is 38.8 Å². The molecule has 0 N–H and O–H groups in total. The van der Waals surface area contributed by atoms with Gasteiger partial charge in [0.2, 0.25) is 5.89 Å². The van der Waals surface area contributed by atoms with E-state index >= 15 is 0 Å². The highest BCUT2D eigenvalue weighted by atomic mass is 16.5. The first-order valence-electron chi connectivity index (χ1n) is 7.73. The lowest BCUT2D eigenvalue weighted by Gasteiger charge is -2.43. The Labute approximate surface area is 120 Å². The molecule has 0 radical (unpaired) electrons. The topological polar surface area (TPSA) is 51.4 Å². The van der Waals surface area contributed by atoms with Crippen molar-refractivity contribution >= 4 is 0 Å². The third-order valence-corrected chi connectivity index (χ3v) is 4.30. The summed E-state index contributed by atoms with van der Waals surface area (Å²) in [7, 11) is 0.